The second-order valence-corrected chi connectivity index (χ2v) is 9.57. The number of fused-ring (bicyclic) bond motifs is 1. The minimum atomic E-state index is -0.591. The number of piperazine rings is 1. The van der Waals surface area contributed by atoms with Gasteiger partial charge in [-0.05, 0) is 43.0 Å². The number of aryl methyl sites for hydroxylation is 1. The van der Waals surface area contributed by atoms with Gasteiger partial charge in [-0.1, -0.05) is 17.7 Å². The molecule has 1 aromatic carbocycles. The highest BCUT2D eigenvalue weighted by molar-refractivity contribution is 6.31. The molecule has 0 spiro atoms. The van der Waals surface area contributed by atoms with E-state index < -0.39 is 17.5 Å². The molecule has 2 aliphatic heterocycles. The number of hydrogen-bond donors (Lipinski definition) is 2. The standard InChI is InChI=1S/C18H24F2N2O2.C8H6ClN3O/c19-15-3-1-14(17(20)13-15)2-4-18(23)22-9-7-21(8-10-22)16-5-11-24-12-6-16;9-5-1-4-2-6(7(10)13)12-8(4)11-3-5/h1,3,13,16H,2,4-12H2;1-3H,(H2,10,13)(H,11,12). The Kier molecular flexibility index (Phi) is 9.07. The Balaban J connectivity index is 0.000000207. The first-order valence-electron chi connectivity index (χ1n) is 12.3. The summed E-state index contributed by atoms with van der Waals surface area (Å²) >= 11 is 5.71. The fraction of sp³-hybridized carbons (Fsp3) is 0.423. The molecule has 0 atom stereocenters. The molecule has 2 aromatic heterocycles. The lowest BCUT2D eigenvalue weighted by Crippen LogP contribution is -2.53. The number of aromatic amines is 1. The molecule has 198 valence electrons. The third kappa shape index (κ3) is 7.24. The highest BCUT2D eigenvalue weighted by atomic mass is 35.5. The number of nitrogens with two attached hydrogens (primary N) is 1. The lowest BCUT2D eigenvalue weighted by molar-refractivity contribution is -0.133. The predicted molar refractivity (Wildman–Crippen MR) is 136 cm³/mol. The molecule has 4 heterocycles. The lowest BCUT2D eigenvalue weighted by atomic mass is 10.1. The molecule has 2 aliphatic rings. The molecule has 3 aromatic rings. The first kappa shape index (κ1) is 27.0. The average molecular weight is 534 g/mol. The molecular formula is C26H30ClF2N5O3. The topological polar surface area (TPSA) is 105 Å². The van der Waals surface area contributed by atoms with Gasteiger partial charge in [-0.3, -0.25) is 14.5 Å². The maximum absolute atomic E-state index is 13.6. The second kappa shape index (κ2) is 12.4. The number of pyridine rings is 1. The third-order valence-corrected chi connectivity index (χ3v) is 6.91. The van der Waals surface area contributed by atoms with Gasteiger partial charge in [-0.2, -0.15) is 0 Å². The van der Waals surface area contributed by atoms with E-state index in [2.05, 4.69) is 14.9 Å². The van der Waals surface area contributed by atoms with Gasteiger partial charge in [0, 0.05) is 69.5 Å². The minimum absolute atomic E-state index is 0.0466. The molecule has 2 amide bonds. The van der Waals surface area contributed by atoms with E-state index in [0.29, 0.717) is 34.4 Å². The fourth-order valence-corrected chi connectivity index (χ4v) is 4.80. The summed E-state index contributed by atoms with van der Waals surface area (Å²) in [6.45, 7) is 4.88. The van der Waals surface area contributed by atoms with Crippen LogP contribution in [-0.2, 0) is 16.0 Å². The van der Waals surface area contributed by atoms with E-state index in [-0.39, 0.29) is 12.3 Å². The van der Waals surface area contributed by atoms with Gasteiger partial charge in [0.25, 0.3) is 5.91 Å². The summed E-state index contributed by atoms with van der Waals surface area (Å²) in [5.74, 6) is -1.63. The van der Waals surface area contributed by atoms with Crippen molar-refractivity contribution < 1.29 is 23.1 Å². The number of ether oxygens (including phenoxy) is 1. The van der Waals surface area contributed by atoms with Crippen molar-refractivity contribution >= 4 is 34.4 Å². The number of benzene rings is 1. The Labute approximate surface area is 218 Å². The zero-order chi connectivity index (χ0) is 26.4. The lowest BCUT2D eigenvalue weighted by Gasteiger charge is -2.40. The number of amides is 2. The van der Waals surface area contributed by atoms with Crippen LogP contribution in [-0.4, -0.2) is 77.0 Å². The van der Waals surface area contributed by atoms with Crippen molar-refractivity contribution in [2.75, 3.05) is 39.4 Å². The molecule has 0 aliphatic carbocycles. The first-order chi connectivity index (χ1) is 17.8. The number of aromatic nitrogens is 2. The molecule has 0 radical (unpaired) electrons. The Morgan fingerprint density at radius 3 is 2.51 bits per heavy atom. The van der Waals surface area contributed by atoms with Gasteiger partial charge in [-0.15, -0.1) is 0 Å². The second-order valence-electron chi connectivity index (χ2n) is 9.13. The van der Waals surface area contributed by atoms with Crippen LogP contribution in [0.4, 0.5) is 8.78 Å². The van der Waals surface area contributed by atoms with Gasteiger partial charge in [-0.25, -0.2) is 13.8 Å². The quantitative estimate of drug-likeness (QED) is 0.522. The van der Waals surface area contributed by atoms with Crippen LogP contribution in [0.3, 0.4) is 0 Å². The van der Waals surface area contributed by atoms with Crippen LogP contribution < -0.4 is 5.73 Å². The van der Waals surface area contributed by atoms with Crippen molar-refractivity contribution in [2.24, 2.45) is 5.73 Å². The number of H-pyrrole nitrogens is 1. The Hall–Kier alpha value is -3.08. The summed E-state index contributed by atoms with van der Waals surface area (Å²) in [5.41, 5.74) is 6.43. The van der Waals surface area contributed by atoms with Gasteiger partial charge in [0.1, 0.15) is 23.0 Å². The smallest absolute Gasteiger partial charge is 0.265 e. The number of nitrogens with zero attached hydrogens (tertiary/aromatic N) is 3. The number of rotatable bonds is 5. The van der Waals surface area contributed by atoms with Crippen molar-refractivity contribution in [3.8, 4) is 0 Å². The zero-order valence-corrected chi connectivity index (χ0v) is 21.1. The average Bonchev–Trinajstić information content (AvgIpc) is 3.33. The van der Waals surface area contributed by atoms with Gasteiger partial charge in [0.15, 0.2) is 0 Å². The number of primary amides is 1. The number of halogens is 3. The monoisotopic (exact) mass is 533 g/mol. The SMILES string of the molecule is NC(=O)c1cc2cc(Cl)cnc2[nH]1.O=C(CCc1ccc(F)cc1F)N1CCN(C2CCOCC2)CC1. The van der Waals surface area contributed by atoms with Gasteiger partial charge < -0.3 is 20.4 Å². The van der Waals surface area contributed by atoms with Crippen molar-refractivity contribution in [1.29, 1.82) is 0 Å². The first-order valence-corrected chi connectivity index (χ1v) is 12.7. The van der Waals surface area contributed by atoms with E-state index in [9.17, 15) is 18.4 Å². The van der Waals surface area contributed by atoms with E-state index in [0.717, 1.165) is 63.7 Å². The van der Waals surface area contributed by atoms with E-state index in [1.54, 1.807) is 12.1 Å². The van der Waals surface area contributed by atoms with Crippen molar-refractivity contribution in [2.45, 2.75) is 31.7 Å². The molecule has 0 bridgehead atoms. The number of carbonyl (C=O) groups excluding carboxylic acids is 2. The van der Waals surface area contributed by atoms with Crippen LogP contribution in [0.15, 0.2) is 36.5 Å². The molecule has 37 heavy (non-hydrogen) atoms. The molecule has 11 heteroatoms. The molecule has 0 saturated carbocycles. The Morgan fingerprint density at radius 1 is 1.11 bits per heavy atom. The minimum Gasteiger partial charge on any atom is -0.381 e. The van der Waals surface area contributed by atoms with E-state index in [4.69, 9.17) is 22.1 Å². The molecule has 5 rings (SSSR count). The summed E-state index contributed by atoms with van der Waals surface area (Å²) in [4.78, 5) is 34.2. The van der Waals surface area contributed by atoms with Crippen LogP contribution in [0.1, 0.15) is 35.3 Å². The van der Waals surface area contributed by atoms with Gasteiger partial charge in [0.2, 0.25) is 5.91 Å². The largest absolute Gasteiger partial charge is 0.381 e. The normalized spacial score (nSPS) is 16.9. The number of nitrogens with one attached hydrogen (secondary N) is 1. The Morgan fingerprint density at radius 2 is 1.84 bits per heavy atom. The number of carbonyl (C=O) groups is 2. The summed E-state index contributed by atoms with van der Waals surface area (Å²) in [6, 6.07) is 7.43. The van der Waals surface area contributed by atoms with Crippen LogP contribution in [0.25, 0.3) is 11.0 Å². The summed E-state index contributed by atoms with van der Waals surface area (Å²) in [7, 11) is 0. The summed E-state index contributed by atoms with van der Waals surface area (Å²) < 4.78 is 31.9. The molecule has 8 nitrogen and oxygen atoms in total. The van der Waals surface area contributed by atoms with Crippen LogP contribution in [0, 0.1) is 11.6 Å². The maximum Gasteiger partial charge on any atom is 0.265 e. The predicted octanol–water partition coefficient (Wildman–Crippen LogP) is 3.54. The molecular weight excluding hydrogens is 504 g/mol. The molecule has 3 N–H and O–H groups in total. The van der Waals surface area contributed by atoms with E-state index >= 15 is 0 Å². The Bertz CT molecular complexity index is 1240. The third-order valence-electron chi connectivity index (χ3n) is 6.70. The summed E-state index contributed by atoms with van der Waals surface area (Å²) in [5, 5.41) is 1.31. The highest BCUT2D eigenvalue weighted by Gasteiger charge is 2.27. The molecule has 0 unspecified atom stereocenters. The van der Waals surface area contributed by atoms with Gasteiger partial charge in [0.05, 0.1) is 5.02 Å². The van der Waals surface area contributed by atoms with E-state index in [1.165, 1.54) is 18.3 Å². The maximum atomic E-state index is 13.6. The zero-order valence-electron chi connectivity index (χ0n) is 20.4. The van der Waals surface area contributed by atoms with Crippen molar-refractivity contribution in [3.63, 3.8) is 0 Å². The number of hydrogen-bond acceptors (Lipinski definition) is 5. The highest BCUT2D eigenvalue weighted by Crippen LogP contribution is 2.19. The molecule has 2 fully saturated rings. The van der Waals surface area contributed by atoms with Crippen molar-refractivity contribution in [1.82, 2.24) is 19.8 Å². The van der Waals surface area contributed by atoms with Crippen LogP contribution in [0.5, 0.6) is 0 Å². The summed E-state index contributed by atoms with van der Waals surface area (Å²) in [6.07, 6.45) is 4.21. The van der Waals surface area contributed by atoms with Crippen molar-refractivity contribution in [3.05, 3.63) is 64.4 Å². The van der Waals surface area contributed by atoms with Crippen LogP contribution in [0.2, 0.25) is 5.02 Å². The van der Waals surface area contributed by atoms with Crippen LogP contribution >= 0.6 is 11.6 Å². The van der Waals surface area contributed by atoms with E-state index in [1.807, 2.05) is 4.90 Å². The molecule has 2 saturated heterocycles. The van der Waals surface area contributed by atoms with Gasteiger partial charge >= 0.3 is 0 Å². The fourth-order valence-electron chi connectivity index (χ4n) is 4.63.